The number of rotatable bonds is 8. The number of hydrazone groups is 1. The first-order valence-electron chi connectivity index (χ1n) is 10.5. The van der Waals surface area contributed by atoms with Crippen LogP contribution in [0.1, 0.15) is 16.7 Å². The first-order chi connectivity index (χ1) is 16.1. The molecule has 0 heterocycles. The Balaban J connectivity index is 1.38. The smallest absolute Gasteiger partial charge is 0.250 e. The number of nitrogens with zero attached hydrogens (tertiary/aromatic N) is 1. The van der Waals surface area contributed by atoms with Gasteiger partial charge in [0.05, 0.1) is 12.0 Å². The summed E-state index contributed by atoms with van der Waals surface area (Å²) in [5, 5.41) is 6.99. The number of fused-ring (bicyclic) bond motifs is 1. The Bertz CT molecular complexity index is 1280. The van der Waals surface area contributed by atoms with E-state index in [2.05, 4.69) is 34.8 Å². The summed E-state index contributed by atoms with van der Waals surface area (Å²) in [4.78, 5) is 13.2. The van der Waals surface area contributed by atoms with E-state index in [1.54, 1.807) is 18.3 Å². The standard InChI is InChI=1S/C27H23ClN2O2S/c1-19-9-12-24(13-10-19)33-18-27(31)30-29-16-22-15-23(28)11-14-26(22)32-17-21-7-4-6-20-5-2-3-8-25(20)21/h2-16H,17-18H2,1H3,(H,30,31). The SMILES string of the molecule is Cc1ccc(SCC(=O)NN=Cc2cc(Cl)ccc2OCc2cccc3ccccc23)cc1. The molecule has 0 unspecified atom stereocenters. The van der Waals surface area contributed by atoms with Crippen LogP contribution in [-0.4, -0.2) is 17.9 Å². The second-order valence-corrected chi connectivity index (χ2v) is 8.99. The van der Waals surface area contributed by atoms with Gasteiger partial charge in [-0.3, -0.25) is 4.79 Å². The third-order valence-electron chi connectivity index (χ3n) is 5.02. The molecule has 0 saturated carbocycles. The number of hydrogen-bond donors (Lipinski definition) is 1. The van der Waals surface area contributed by atoms with E-state index in [1.165, 1.54) is 22.7 Å². The van der Waals surface area contributed by atoms with Crippen LogP contribution in [0.4, 0.5) is 0 Å². The molecule has 0 aliphatic rings. The average molecular weight is 475 g/mol. The summed E-state index contributed by atoms with van der Waals surface area (Å²) in [5.41, 5.74) is 5.54. The van der Waals surface area contributed by atoms with Gasteiger partial charge in [0.25, 0.3) is 0 Å². The summed E-state index contributed by atoms with van der Waals surface area (Å²) in [6.45, 7) is 2.44. The topological polar surface area (TPSA) is 50.7 Å². The number of aryl methyl sites for hydroxylation is 1. The van der Waals surface area contributed by atoms with Crippen LogP contribution in [-0.2, 0) is 11.4 Å². The van der Waals surface area contributed by atoms with E-state index in [1.807, 2.05) is 55.5 Å². The molecule has 6 heteroatoms. The highest BCUT2D eigenvalue weighted by Gasteiger charge is 2.07. The molecule has 0 atom stereocenters. The van der Waals surface area contributed by atoms with E-state index in [4.69, 9.17) is 16.3 Å². The summed E-state index contributed by atoms with van der Waals surface area (Å²) >= 11 is 7.64. The zero-order valence-corrected chi connectivity index (χ0v) is 19.7. The predicted octanol–water partition coefficient (Wildman–Crippen LogP) is 6.62. The summed E-state index contributed by atoms with van der Waals surface area (Å²) in [7, 11) is 0. The van der Waals surface area contributed by atoms with Gasteiger partial charge in [0, 0.05) is 15.5 Å². The lowest BCUT2D eigenvalue weighted by Gasteiger charge is -2.11. The molecule has 0 fully saturated rings. The molecule has 33 heavy (non-hydrogen) atoms. The second-order valence-electron chi connectivity index (χ2n) is 7.50. The van der Waals surface area contributed by atoms with Gasteiger partial charge in [-0.2, -0.15) is 5.10 Å². The average Bonchev–Trinajstić information content (AvgIpc) is 2.83. The van der Waals surface area contributed by atoms with Crippen molar-refractivity contribution in [3.8, 4) is 5.75 Å². The molecule has 0 spiro atoms. The second kappa shape index (κ2) is 11.0. The number of nitrogens with one attached hydrogen (secondary N) is 1. The van der Waals surface area contributed by atoms with Crippen LogP contribution in [0, 0.1) is 6.92 Å². The van der Waals surface area contributed by atoms with Crippen LogP contribution >= 0.6 is 23.4 Å². The molecule has 0 aliphatic heterocycles. The highest BCUT2D eigenvalue weighted by Crippen LogP contribution is 2.25. The van der Waals surface area contributed by atoms with Gasteiger partial charge >= 0.3 is 0 Å². The number of amides is 1. The number of carbonyl (C=O) groups is 1. The van der Waals surface area contributed by atoms with Gasteiger partial charge in [-0.1, -0.05) is 71.8 Å². The Labute approximate surface area is 202 Å². The van der Waals surface area contributed by atoms with Crippen molar-refractivity contribution in [2.75, 3.05) is 5.75 Å². The van der Waals surface area contributed by atoms with Gasteiger partial charge in [0.15, 0.2) is 0 Å². The number of halogens is 1. The van der Waals surface area contributed by atoms with E-state index in [0.29, 0.717) is 22.9 Å². The molecular formula is C27H23ClN2O2S. The van der Waals surface area contributed by atoms with E-state index in [0.717, 1.165) is 15.8 Å². The fourth-order valence-electron chi connectivity index (χ4n) is 3.31. The Kier molecular flexibility index (Phi) is 7.66. The third-order valence-corrected chi connectivity index (χ3v) is 6.27. The maximum absolute atomic E-state index is 12.2. The van der Waals surface area contributed by atoms with Crippen LogP contribution in [0.5, 0.6) is 5.75 Å². The molecule has 0 aliphatic carbocycles. The minimum atomic E-state index is -0.183. The van der Waals surface area contributed by atoms with Gasteiger partial charge in [0.2, 0.25) is 5.91 Å². The minimum absolute atomic E-state index is 0.183. The number of thioether (sulfide) groups is 1. The number of hydrogen-bond acceptors (Lipinski definition) is 4. The molecule has 166 valence electrons. The molecular weight excluding hydrogens is 452 g/mol. The van der Waals surface area contributed by atoms with Crippen LogP contribution in [0.2, 0.25) is 5.02 Å². The van der Waals surface area contributed by atoms with Crippen molar-refractivity contribution >= 4 is 46.3 Å². The molecule has 4 rings (SSSR count). The molecule has 0 aromatic heterocycles. The maximum Gasteiger partial charge on any atom is 0.250 e. The Morgan fingerprint density at radius 1 is 1.03 bits per heavy atom. The summed E-state index contributed by atoms with van der Waals surface area (Å²) < 4.78 is 6.09. The maximum atomic E-state index is 12.2. The zero-order valence-electron chi connectivity index (χ0n) is 18.1. The minimum Gasteiger partial charge on any atom is -0.488 e. The van der Waals surface area contributed by atoms with Gasteiger partial charge in [-0.25, -0.2) is 5.43 Å². The first-order valence-corrected chi connectivity index (χ1v) is 11.9. The predicted molar refractivity (Wildman–Crippen MR) is 137 cm³/mol. The molecule has 4 aromatic carbocycles. The van der Waals surface area contributed by atoms with Crippen LogP contribution < -0.4 is 10.2 Å². The third kappa shape index (κ3) is 6.37. The fraction of sp³-hybridized carbons (Fsp3) is 0.111. The lowest BCUT2D eigenvalue weighted by molar-refractivity contribution is -0.118. The summed E-state index contributed by atoms with van der Waals surface area (Å²) in [6, 6.07) is 27.8. The normalized spacial score (nSPS) is 11.1. The van der Waals surface area contributed by atoms with Gasteiger partial charge in [-0.05, 0) is 53.6 Å². The molecule has 0 bridgehead atoms. The molecule has 4 aromatic rings. The highest BCUT2D eigenvalue weighted by molar-refractivity contribution is 8.00. The van der Waals surface area contributed by atoms with Crippen molar-refractivity contribution in [2.24, 2.45) is 5.10 Å². The summed E-state index contributed by atoms with van der Waals surface area (Å²) in [6.07, 6.45) is 1.55. The van der Waals surface area contributed by atoms with E-state index in [-0.39, 0.29) is 11.7 Å². The van der Waals surface area contributed by atoms with Gasteiger partial charge in [0.1, 0.15) is 12.4 Å². The quantitative estimate of drug-likeness (QED) is 0.177. The first kappa shape index (κ1) is 22.9. The lowest BCUT2D eigenvalue weighted by Crippen LogP contribution is -2.19. The van der Waals surface area contributed by atoms with Crippen molar-refractivity contribution in [1.29, 1.82) is 0 Å². The Hall–Kier alpha value is -3.28. The van der Waals surface area contributed by atoms with Crippen LogP contribution in [0.15, 0.2) is 94.9 Å². The van der Waals surface area contributed by atoms with Crippen molar-refractivity contribution in [3.63, 3.8) is 0 Å². The molecule has 4 nitrogen and oxygen atoms in total. The zero-order chi connectivity index (χ0) is 23.0. The van der Waals surface area contributed by atoms with Gasteiger partial charge < -0.3 is 4.74 Å². The van der Waals surface area contributed by atoms with Crippen molar-refractivity contribution in [3.05, 3.63) is 107 Å². The van der Waals surface area contributed by atoms with E-state index < -0.39 is 0 Å². The number of ether oxygens (including phenoxy) is 1. The fourth-order valence-corrected chi connectivity index (χ4v) is 4.19. The van der Waals surface area contributed by atoms with Crippen LogP contribution in [0.25, 0.3) is 10.8 Å². The van der Waals surface area contributed by atoms with E-state index >= 15 is 0 Å². The summed E-state index contributed by atoms with van der Waals surface area (Å²) in [5.74, 6) is 0.733. The van der Waals surface area contributed by atoms with Crippen molar-refractivity contribution in [2.45, 2.75) is 18.4 Å². The lowest BCUT2D eigenvalue weighted by atomic mass is 10.1. The Morgan fingerprint density at radius 2 is 1.82 bits per heavy atom. The Morgan fingerprint density at radius 3 is 2.67 bits per heavy atom. The molecule has 0 saturated heterocycles. The highest BCUT2D eigenvalue weighted by atomic mass is 35.5. The van der Waals surface area contributed by atoms with E-state index in [9.17, 15) is 4.79 Å². The largest absolute Gasteiger partial charge is 0.488 e. The number of carbonyl (C=O) groups excluding carboxylic acids is 1. The number of benzene rings is 4. The molecule has 0 radical (unpaired) electrons. The molecule has 1 N–H and O–H groups in total. The van der Waals surface area contributed by atoms with Gasteiger partial charge in [-0.15, -0.1) is 11.8 Å². The van der Waals surface area contributed by atoms with Crippen molar-refractivity contribution < 1.29 is 9.53 Å². The monoisotopic (exact) mass is 474 g/mol. The molecule has 1 amide bonds. The van der Waals surface area contributed by atoms with Crippen LogP contribution in [0.3, 0.4) is 0 Å². The van der Waals surface area contributed by atoms with Crippen molar-refractivity contribution in [1.82, 2.24) is 5.43 Å².